The van der Waals surface area contributed by atoms with Crippen LogP contribution in [0.4, 0.5) is 19.0 Å². The van der Waals surface area contributed by atoms with Crippen molar-refractivity contribution < 1.29 is 31.1 Å². The van der Waals surface area contributed by atoms with Crippen LogP contribution in [0.1, 0.15) is 17.0 Å². The smallest absolute Gasteiger partial charge is 0.360 e. The van der Waals surface area contributed by atoms with Crippen LogP contribution in [0.5, 0.6) is 0 Å². The molecule has 2 aromatic heterocycles. The molecule has 0 radical (unpaired) electrons. The first-order valence-corrected chi connectivity index (χ1v) is 9.31. The van der Waals surface area contributed by atoms with Gasteiger partial charge in [-0.3, -0.25) is 4.90 Å². The maximum absolute atomic E-state index is 12.8. The van der Waals surface area contributed by atoms with Gasteiger partial charge in [0.1, 0.15) is 16.8 Å². The zero-order chi connectivity index (χ0) is 19.1. The van der Waals surface area contributed by atoms with Gasteiger partial charge in [0.2, 0.25) is 10.0 Å². The standard InChI is InChI=1S/C15H17F3N4O3S/c1-10-14(11(2)25-20-10)26(23,24)22-7-5-21(6-8-22)13-4-3-12(9-19-13)15(16,17)18/h3-4,9H,5-8H2,1-2H3/p+1. The van der Waals surface area contributed by atoms with Crippen molar-refractivity contribution in [2.24, 2.45) is 0 Å². The number of piperazine rings is 1. The van der Waals surface area contributed by atoms with Crippen LogP contribution in [-0.2, 0) is 16.2 Å². The molecule has 3 rings (SSSR count). The van der Waals surface area contributed by atoms with E-state index in [1.54, 1.807) is 18.7 Å². The van der Waals surface area contributed by atoms with E-state index in [1.165, 1.54) is 10.4 Å². The van der Waals surface area contributed by atoms with Crippen LogP contribution < -0.4 is 9.88 Å². The normalized spacial score (nSPS) is 16.9. The van der Waals surface area contributed by atoms with E-state index in [4.69, 9.17) is 4.52 Å². The number of aromatic amines is 1. The van der Waals surface area contributed by atoms with Crippen molar-refractivity contribution in [3.05, 3.63) is 35.3 Å². The predicted octanol–water partition coefficient (Wildman–Crippen LogP) is 1.64. The van der Waals surface area contributed by atoms with Gasteiger partial charge in [-0.05, 0) is 19.9 Å². The fourth-order valence-electron chi connectivity index (χ4n) is 2.93. The van der Waals surface area contributed by atoms with Crippen molar-refractivity contribution in [3.63, 3.8) is 0 Å². The fraction of sp³-hybridized carbons (Fsp3) is 0.467. The number of rotatable bonds is 3. The summed E-state index contributed by atoms with van der Waals surface area (Å²) in [7, 11) is -3.72. The second-order valence-electron chi connectivity index (χ2n) is 6.00. The number of nitrogens with zero attached hydrogens (tertiary/aromatic N) is 3. The third kappa shape index (κ3) is 3.40. The van der Waals surface area contributed by atoms with E-state index in [0.717, 1.165) is 12.3 Å². The molecule has 1 fully saturated rings. The third-order valence-electron chi connectivity index (χ3n) is 4.27. The maximum atomic E-state index is 12.8. The van der Waals surface area contributed by atoms with E-state index in [-0.39, 0.29) is 23.7 Å². The summed E-state index contributed by atoms with van der Waals surface area (Å²) < 4.78 is 69.7. The number of hydrogen-bond acceptors (Lipinski definition) is 5. The summed E-state index contributed by atoms with van der Waals surface area (Å²) in [6, 6.07) is 2.35. The zero-order valence-corrected chi connectivity index (χ0v) is 15.0. The lowest BCUT2D eigenvalue weighted by Crippen LogP contribution is -2.50. The van der Waals surface area contributed by atoms with Gasteiger partial charge in [0.25, 0.3) is 5.82 Å². The van der Waals surface area contributed by atoms with E-state index >= 15 is 0 Å². The van der Waals surface area contributed by atoms with Gasteiger partial charge >= 0.3 is 6.18 Å². The average Bonchev–Trinajstić information content (AvgIpc) is 2.93. The van der Waals surface area contributed by atoms with Gasteiger partial charge in [-0.15, -0.1) is 0 Å². The highest BCUT2D eigenvalue weighted by Gasteiger charge is 2.36. The molecule has 7 nitrogen and oxygen atoms in total. The van der Waals surface area contributed by atoms with E-state index < -0.39 is 21.8 Å². The molecule has 0 unspecified atom stereocenters. The van der Waals surface area contributed by atoms with Crippen molar-refractivity contribution in [1.82, 2.24) is 9.46 Å². The lowest BCUT2D eigenvalue weighted by atomic mass is 10.2. The Labute approximate surface area is 148 Å². The largest absolute Gasteiger partial charge is 0.419 e. The number of alkyl halides is 3. The second kappa shape index (κ2) is 6.54. The number of H-pyrrole nitrogens is 1. The Hall–Kier alpha value is -2.14. The van der Waals surface area contributed by atoms with Gasteiger partial charge in [0.05, 0.1) is 31.7 Å². The molecule has 1 saturated heterocycles. The summed E-state index contributed by atoms with van der Waals surface area (Å²) >= 11 is 0. The van der Waals surface area contributed by atoms with Gasteiger partial charge in [-0.2, -0.15) is 17.5 Å². The molecule has 0 amide bonds. The van der Waals surface area contributed by atoms with E-state index in [1.807, 2.05) is 0 Å². The molecule has 0 atom stereocenters. The lowest BCUT2D eigenvalue weighted by molar-refractivity contribution is -0.367. The summed E-state index contributed by atoms with van der Waals surface area (Å²) in [6.45, 7) is 4.23. The minimum atomic E-state index is -4.41. The fourth-order valence-corrected chi connectivity index (χ4v) is 4.64. The van der Waals surface area contributed by atoms with E-state index in [9.17, 15) is 21.6 Å². The molecule has 26 heavy (non-hydrogen) atoms. The topological polar surface area (TPSA) is 80.8 Å². The SMILES string of the molecule is Cc1noc(C)c1S(=O)(=O)N1CCN(c2ccc(C(F)(F)F)c[nH+]2)CC1. The van der Waals surface area contributed by atoms with Gasteiger partial charge < -0.3 is 4.52 Å². The average molecular weight is 391 g/mol. The van der Waals surface area contributed by atoms with Crippen LogP contribution in [-0.4, -0.2) is 44.1 Å². The van der Waals surface area contributed by atoms with E-state index in [0.29, 0.717) is 24.6 Å². The highest BCUT2D eigenvalue weighted by molar-refractivity contribution is 7.89. The number of halogens is 3. The molecule has 3 heterocycles. The number of pyridine rings is 1. The molecule has 11 heteroatoms. The molecule has 0 aromatic carbocycles. The molecular weight excluding hydrogens is 373 g/mol. The number of aromatic nitrogens is 2. The second-order valence-corrected chi connectivity index (χ2v) is 7.88. The Morgan fingerprint density at radius 3 is 2.27 bits per heavy atom. The van der Waals surface area contributed by atoms with Crippen molar-refractivity contribution in [1.29, 1.82) is 0 Å². The molecule has 0 bridgehead atoms. The molecule has 1 N–H and O–H groups in total. The molecule has 1 aliphatic rings. The van der Waals surface area contributed by atoms with Crippen molar-refractivity contribution in [2.45, 2.75) is 24.9 Å². The van der Waals surface area contributed by atoms with Crippen LogP contribution in [0, 0.1) is 13.8 Å². The summed E-state index contributed by atoms with van der Waals surface area (Å²) in [5, 5.41) is 3.68. The highest BCUT2D eigenvalue weighted by Crippen LogP contribution is 2.29. The van der Waals surface area contributed by atoms with Gasteiger partial charge in [0.15, 0.2) is 5.76 Å². The number of sulfonamides is 1. The van der Waals surface area contributed by atoms with Crippen LogP contribution in [0.3, 0.4) is 0 Å². The first-order chi connectivity index (χ1) is 12.1. The van der Waals surface area contributed by atoms with Crippen LogP contribution in [0.25, 0.3) is 0 Å². The number of nitrogens with one attached hydrogen (secondary N) is 1. The van der Waals surface area contributed by atoms with Gasteiger partial charge in [-0.1, -0.05) is 5.16 Å². The monoisotopic (exact) mass is 391 g/mol. The minimum absolute atomic E-state index is 0.0760. The molecule has 0 saturated carbocycles. The maximum Gasteiger partial charge on any atom is 0.419 e. The van der Waals surface area contributed by atoms with Crippen LogP contribution in [0.2, 0.25) is 0 Å². The Balaban J connectivity index is 1.71. The zero-order valence-electron chi connectivity index (χ0n) is 14.2. The summed E-state index contributed by atoms with van der Waals surface area (Å²) in [5.41, 5.74) is -0.457. The van der Waals surface area contributed by atoms with Crippen molar-refractivity contribution in [2.75, 3.05) is 31.1 Å². The van der Waals surface area contributed by atoms with Gasteiger partial charge in [-0.25, -0.2) is 13.4 Å². The quantitative estimate of drug-likeness (QED) is 0.795. The van der Waals surface area contributed by atoms with Crippen molar-refractivity contribution in [3.8, 4) is 0 Å². The summed E-state index contributed by atoms with van der Waals surface area (Å²) in [6.07, 6.45) is -3.50. The summed E-state index contributed by atoms with van der Waals surface area (Å²) in [5.74, 6) is 0.744. The van der Waals surface area contributed by atoms with Crippen molar-refractivity contribution >= 4 is 15.8 Å². The Morgan fingerprint density at radius 1 is 1.15 bits per heavy atom. The third-order valence-corrected chi connectivity index (χ3v) is 6.41. The Bertz CT molecular complexity index is 866. The molecule has 142 valence electrons. The van der Waals surface area contributed by atoms with Gasteiger partial charge in [0, 0.05) is 6.07 Å². The first-order valence-electron chi connectivity index (χ1n) is 7.87. The molecular formula is C15H18F3N4O3S+. The number of aryl methyl sites for hydroxylation is 2. The molecule has 2 aromatic rings. The molecule has 1 aliphatic heterocycles. The Kier molecular flexibility index (Phi) is 4.69. The van der Waals surface area contributed by atoms with Crippen LogP contribution >= 0.6 is 0 Å². The summed E-state index contributed by atoms with van der Waals surface area (Å²) in [4.78, 5) is 4.51. The molecule has 0 aliphatic carbocycles. The first kappa shape index (κ1) is 18.6. The van der Waals surface area contributed by atoms with Crippen LogP contribution in [0.15, 0.2) is 27.7 Å². The highest BCUT2D eigenvalue weighted by atomic mass is 32.2. The number of anilines is 1. The minimum Gasteiger partial charge on any atom is -0.360 e. The number of hydrogen-bond donors (Lipinski definition) is 0. The molecule has 0 spiro atoms. The van der Waals surface area contributed by atoms with E-state index in [2.05, 4.69) is 10.1 Å². The Morgan fingerprint density at radius 2 is 1.81 bits per heavy atom. The lowest BCUT2D eigenvalue weighted by Gasteiger charge is -2.30. The predicted molar refractivity (Wildman–Crippen MR) is 84.9 cm³/mol.